The Morgan fingerprint density at radius 3 is 2.28 bits per heavy atom. The first kappa shape index (κ1) is 12.4. The predicted molar refractivity (Wildman–Crippen MR) is 64.6 cm³/mol. The van der Waals surface area contributed by atoms with Gasteiger partial charge < -0.3 is 0 Å². The summed E-state index contributed by atoms with van der Waals surface area (Å²) in [6, 6.07) is 11.4. The summed E-state index contributed by atoms with van der Waals surface area (Å²) in [5.74, 6) is -4.51. The van der Waals surface area contributed by atoms with Crippen LogP contribution in [0, 0.1) is 0 Å². The molecule has 0 atom stereocenters. The van der Waals surface area contributed by atoms with E-state index in [-0.39, 0.29) is 5.56 Å². The van der Waals surface area contributed by atoms with Gasteiger partial charge in [0, 0.05) is 24.2 Å². The van der Waals surface area contributed by atoms with Crippen molar-refractivity contribution in [2.24, 2.45) is 0 Å². The van der Waals surface area contributed by atoms with E-state index in [0.717, 1.165) is 11.3 Å². The van der Waals surface area contributed by atoms with Gasteiger partial charge in [-0.15, -0.1) is 0 Å². The quantitative estimate of drug-likeness (QED) is 0.776. The summed E-state index contributed by atoms with van der Waals surface area (Å²) < 4.78 is 25.7. The number of aromatic nitrogens is 1. The molecule has 2 nitrogen and oxygen atoms in total. The maximum absolute atomic E-state index is 12.9. The average molecular weight is 247 g/mol. The van der Waals surface area contributed by atoms with Crippen molar-refractivity contribution < 1.29 is 13.6 Å². The molecule has 0 bridgehead atoms. The number of ketones is 1. The molecule has 4 heteroatoms. The first-order valence-electron chi connectivity index (χ1n) is 5.42. The van der Waals surface area contributed by atoms with Gasteiger partial charge in [-0.05, 0) is 12.1 Å². The van der Waals surface area contributed by atoms with Crippen molar-refractivity contribution in [2.45, 2.75) is 12.8 Å². The number of nitrogens with zero attached hydrogens (tertiary/aromatic N) is 1. The zero-order valence-corrected chi connectivity index (χ0v) is 9.73. The number of Topliss-reactive ketones (excluding diaryl/α,β-unsaturated/α-hetero) is 1. The third kappa shape index (κ3) is 2.59. The van der Waals surface area contributed by atoms with Crippen molar-refractivity contribution in [3.8, 4) is 11.3 Å². The Bertz CT molecular complexity index is 544. The fraction of sp³-hybridized carbons (Fsp3) is 0.143. The molecule has 0 aliphatic rings. The summed E-state index contributed by atoms with van der Waals surface area (Å²) in [5.41, 5.74) is 1.52. The molecule has 18 heavy (non-hydrogen) atoms. The molecule has 0 saturated heterocycles. The van der Waals surface area contributed by atoms with Crippen LogP contribution in [0.15, 0.2) is 48.7 Å². The van der Waals surface area contributed by atoms with Crippen molar-refractivity contribution >= 4 is 5.78 Å². The molecule has 0 radical (unpaired) electrons. The maximum Gasteiger partial charge on any atom is 0.307 e. The number of rotatable bonds is 3. The Kier molecular flexibility index (Phi) is 3.19. The Balaban J connectivity index is 2.29. The van der Waals surface area contributed by atoms with Crippen LogP contribution in [-0.4, -0.2) is 16.7 Å². The highest BCUT2D eigenvalue weighted by Gasteiger charge is 2.32. The summed E-state index contributed by atoms with van der Waals surface area (Å²) in [7, 11) is 0. The summed E-state index contributed by atoms with van der Waals surface area (Å²) in [5, 5.41) is 0. The topological polar surface area (TPSA) is 30.0 Å². The summed E-state index contributed by atoms with van der Waals surface area (Å²) in [6.45, 7) is 0.599. The van der Waals surface area contributed by atoms with Crippen LogP contribution in [0.4, 0.5) is 8.78 Å². The Morgan fingerprint density at radius 1 is 1.11 bits per heavy atom. The summed E-state index contributed by atoms with van der Waals surface area (Å²) in [4.78, 5) is 15.5. The molecule has 0 aliphatic carbocycles. The van der Waals surface area contributed by atoms with Gasteiger partial charge in [-0.2, -0.15) is 8.78 Å². The van der Waals surface area contributed by atoms with Crippen LogP contribution in [0.1, 0.15) is 17.3 Å². The Hall–Kier alpha value is -2.10. The number of hydrogen-bond acceptors (Lipinski definition) is 2. The maximum atomic E-state index is 12.9. The molecule has 0 aliphatic heterocycles. The van der Waals surface area contributed by atoms with Gasteiger partial charge in [0.05, 0.1) is 5.69 Å². The molecule has 2 rings (SSSR count). The molecule has 0 unspecified atom stereocenters. The van der Waals surface area contributed by atoms with E-state index in [0.29, 0.717) is 6.92 Å². The number of halogens is 2. The van der Waals surface area contributed by atoms with Crippen molar-refractivity contribution in [3.05, 3.63) is 54.2 Å². The van der Waals surface area contributed by atoms with Crippen molar-refractivity contribution in [3.63, 3.8) is 0 Å². The van der Waals surface area contributed by atoms with E-state index in [1.165, 1.54) is 12.1 Å². The van der Waals surface area contributed by atoms with Crippen LogP contribution in [0.25, 0.3) is 11.3 Å². The highest BCUT2D eigenvalue weighted by molar-refractivity contribution is 6.01. The predicted octanol–water partition coefficient (Wildman–Crippen LogP) is 3.59. The van der Waals surface area contributed by atoms with Crippen LogP contribution in [-0.2, 0) is 0 Å². The first-order valence-corrected chi connectivity index (χ1v) is 5.42. The van der Waals surface area contributed by atoms with Gasteiger partial charge >= 0.3 is 5.92 Å². The zero-order valence-electron chi connectivity index (χ0n) is 9.73. The van der Waals surface area contributed by atoms with Gasteiger partial charge in [-0.1, -0.05) is 30.3 Å². The van der Waals surface area contributed by atoms with E-state index >= 15 is 0 Å². The lowest BCUT2D eigenvalue weighted by molar-refractivity contribution is 0.0221. The molecule has 0 N–H and O–H groups in total. The van der Waals surface area contributed by atoms with Gasteiger partial charge in [-0.25, -0.2) is 0 Å². The highest BCUT2D eigenvalue weighted by atomic mass is 19.3. The van der Waals surface area contributed by atoms with Crippen LogP contribution >= 0.6 is 0 Å². The standard InChI is InChI=1S/C14H11F2NO/c1-14(15,16)13(18)11-7-5-10(6-8-11)12-4-2-3-9-17-12/h2-9H,1H3. The lowest BCUT2D eigenvalue weighted by Gasteiger charge is -2.09. The third-order valence-corrected chi connectivity index (χ3v) is 2.51. The molecule has 1 aromatic heterocycles. The number of carbonyl (C=O) groups excluding carboxylic acids is 1. The van der Waals surface area contributed by atoms with E-state index in [9.17, 15) is 13.6 Å². The minimum Gasteiger partial charge on any atom is -0.287 e. The SMILES string of the molecule is CC(F)(F)C(=O)c1ccc(-c2ccccn2)cc1. The molecular weight excluding hydrogens is 236 g/mol. The number of pyridine rings is 1. The molecule has 0 fully saturated rings. The van der Waals surface area contributed by atoms with Crippen LogP contribution in [0.3, 0.4) is 0 Å². The minimum atomic E-state index is -3.34. The Labute approximate surface area is 103 Å². The van der Waals surface area contributed by atoms with Crippen molar-refractivity contribution in [2.75, 3.05) is 0 Å². The van der Waals surface area contributed by atoms with E-state index in [1.807, 2.05) is 12.1 Å². The van der Waals surface area contributed by atoms with Crippen molar-refractivity contribution in [1.29, 1.82) is 0 Å². The van der Waals surface area contributed by atoms with Gasteiger partial charge in [0.1, 0.15) is 0 Å². The largest absolute Gasteiger partial charge is 0.307 e. The van der Waals surface area contributed by atoms with Crippen LogP contribution in [0.5, 0.6) is 0 Å². The highest BCUT2D eigenvalue weighted by Crippen LogP contribution is 2.22. The second-order valence-corrected chi connectivity index (χ2v) is 4.01. The molecule has 1 aromatic carbocycles. The van der Waals surface area contributed by atoms with Gasteiger partial charge in [0.2, 0.25) is 5.78 Å². The zero-order chi connectivity index (χ0) is 13.2. The third-order valence-electron chi connectivity index (χ3n) is 2.51. The lowest BCUT2D eigenvalue weighted by atomic mass is 10.0. The molecule has 0 spiro atoms. The van der Waals surface area contributed by atoms with Crippen LogP contribution in [0.2, 0.25) is 0 Å². The number of alkyl halides is 2. The second kappa shape index (κ2) is 4.64. The molecule has 0 saturated carbocycles. The monoisotopic (exact) mass is 247 g/mol. The molecular formula is C14H11F2NO. The number of benzene rings is 1. The lowest BCUT2D eigenvalue weighted by Crippen LogP contribution is -2.24. The van der Waals surface area contributed by atoms with E-state index < -0.39 is 11.7 Å². The van der Waals surface area contributed by atoms with E-state index in [4.69, 9.17) is 0 Å². The smallest absolute Gasteiger partial charge is 0.287 e. The van der Waals surface area contributed by atoms with Crippen molar-refractivity contribution in [1.82, 2.24) is 4.98 Å². The molecule has 92 valence electrons. The summed E-state index contributed by atoms with van der Waals surface area (Å²) >= 11 is 0. The fourth-order valence-electron chi connectivity index (χ4n) is 1.58. The summed E-state index contributed by atoms with van der Waals surface area (Å²) in [6.07, 6.45) is 1.65. The normalized spacial score (nSPS) is 11.3. The van der Waals surface area contributed by atoms with Gasteiger partial charge in [0.15, 0.2) is 0 Å². The minimum absolute atomic E-state index is 0.00202. The Morgan fingerprint density at radius 2 is 1.78 bits per heavy atom. The number of carbonyl (C=O) groups is 1. The van der Waals surface area contributed by atoms with E-state index in [2.05, 4.69) is 4.98 Å². The van der Waals surface area contributed by atoms with E-state index in [1.54, 1.807) is 24.4 Å². The fourth-order valence-corrected chi connectivity index (χ4v) is 1.58. The first-order chi connectivity index (χ1) is 8.48. The number of hydrogen-bond donors (Lipinski definition) is 0. The molecule has 2 aromatic rings. The van der Waals surface area contributed by atoms with Gasteiger partial charge in [0.25, 0.3) is 0 Å². The average Bonchev–Trinajstić information content (AvgIpc) is 2.38. The van der Waals surface area contributed by atoms with Crippen LogP contribution < -0.4 is 0 Å². The van der Waals surface area contributed by atoms with Gasteiger partial charge in [-0.3, -0.25) is 9.78 Å². The second-order valence-electron chi connectivity index (χ2n) is 4.01. The molecule has 0 amide bonds. The molecule has 1 heterocycles.